The van der Waals surface area contributed by atoms with Crippen LogP contribution >= 0.6 is 0 Å². The summed E-state index contributed by atoms with van der Waals surface area (Å²) in [5.41, 5.74) is 11.3. The molecule has 0 N–H and O–H groups in total. The van der Waals surface area contributed by atoms with E-state index in [2.05, 4.69) is 170 Å². The summed E-state index contributed by atoms with van der Waals surface area (Å²) in [5.74, 6) is 0. The minimum Gasteiger partial charge on any atom is -0.310 e. The molecule has 0 saturated heterocycles. The minimum atomic E-state index is -0.139. The van der Waals surface area contributed by atoms with Gasteiger partial charge in [-0.1, -0.05) is 123 Å². The highest BCUT2D eigenvalue weighted by molar-refractivity contribution is 6.25. The lowest BCUT2D eigenvalue weighted by molar-refractivity contribution is 0.660. The normalized spacial score (nSPS) is 13.4. The van der Waals surface area contributed by atoms with Gasteiger partial charge in [0.1, 0.15) is 0 Å². The Labute approximate surface area is 258 Å². The number of hydrogen-bond donors (Lipinski definition) is 0. The molecule has 8 aromatic rings. The van der Waals surface area contributed by atoms with Gasteiger partial charge in [0.25, 0.3) is 0 Å². The second-order valence-electron chi connectivity index (χ2n) is 12.6. The van der Waals surface area contributed by atoms with Crippen LogP contribution in [-0.4, -0.2) is 0 Å². The van der Waals surface area contributed by atoms with Crippen molar-refractivity contribution in [2.45, 2.75) is 19.3 Å². The van der Waals surface area contributed by atoms with Crippen LogP contribution in [-0.2, 0) is 5.41 Å². The van der Waals surface area contributed by atoms with Crippen molar-refractivity contribution in [2.24, 2.45) is 0 Å². The van der Waals surface area contributed by atoms with Crippen LogP contribution in [0.3, 0.4) is 0 Å². The second kappa shape index (κ2) is 9.30. The third kappa shape index (κ3) is 3.59. The fourth-order valence-electron chi connectivity index (χ4n) is 7.62. The number of para-hydroxylation sites is 2. The van der Waals surface area contributed by atoms with Gasteiger partial charge in [-0.05, 0) is 108 Å². The molecule has 0 atom stereocenters. The van der Waals surface area contributed by atoms with Crippen molar-refractivity contribution >= 4 is 49.4 Å². The van der Waals surface area contributed by atoms with E-state index < -0.39 is 0 Å². The first-order chi connectivity index (χ1) is 21.6. The first-order valence-corrected chi connectivity index (χ1v) is 15.4. The number of anilines is 3. The van der Waals surface area contributed by atoms with Gasteiger partial charge in [-0.3, -0.25) is 0 Å². The number of fused-ring (bicyclic) bond motifs is 3. The van der Waals surface area contributed by atoms with Crippen LogP contribution < -0.4 is 4.90 Å². The molecular formula is C43H31N. The van der Waals surface area contributed by atoms with Gasteiger partial charge in [0, 0.05) is 22.5 Å². The Kier molecular flexibility index (Phi) is 5.31. The van der Waals surface area contributed by atoms with Crippen LogP contribution in [0.5, 0.6) is 0 Å². The molecule has 1 aliphatic rings. The van der Waals surface area contributed by atoms with Crippen LogP contribution in [0.1, 0.15) is 25.0 Å². The summed E-state index contributed by atoms with van der Waals surface area (Å²) in [7, 11) is 0. The quantitative estimate of drug-likeness (QED) is 0.193. The molecule has 0 heterocycles. The van der Waals surface area contributed by atoms with Gasteiger partial charge in [0.2, 0.25) is 0 Å². The molecule has 0 unspecified atom stereocenters. The Morgan fingerprint density at radius 3 is 1.64 bits per heavy atom. The average molecular weight is 562 g/mol. The molecule has 44 heavy (non-hydrogen) atoms. The zero-order chi connectivity index (χ0) is 29.4. The van der Waals surface area contributed by atoms with E-state index in [0.717, 1.165) is 11.4 Å². The van der Waals surface area contributed by atoms with E-state index in [-0.39, 0.29) is 5.41 Å². The Bertz CT molecular complexity index is 2290. The average Bonchev–Trinajstić information content (AvgIpc) is 3.30. The standard InChI is InChI=1S/C43H31N/c1-43(2)39-26-31(35-22-18-30-17-16-28-10-9-11-29-19-24-38(35)42(30)41(28)29)20-23-36(39)37-25-21-34(27-40(37)43)44(32-12-5-3-6-13-32)33-14-7-4-8-15-33/h3-27H,1-2H3. The molecule has 0 radical (unpaired) electrons. The molecule has 0 spiro atoms. The highest BCUT2D eigenvalue weighted by atomic mass is 15.1. The molecule has 0 amide bonds. The van der Waals surface area contributed by atoms with Crippen LogP contribution in [0.25, 0.3) is 54.6 Å². The molecule has 208 valence electrons. The van der Waals surface area contributed by atoms with Crippen molar-refractivity contribution in [3.05, 3.63) is 163 Å². The molecule has 1 nitrogen and oxygen atoms in total. The lowest BCUT2D eigenvalue weighted by Gasteiger charge is -2.28. The molecule has 0 aliphatic heterocycles. The van der Waals surface area contributed by atoms with Crippen molar-refractivity contribution in [3.8, 4) is 22.3 Å². The van der Waals surface area contributed by atoms with Crippen LogP contribution in [0.4, 0.5) is 17.1 Å². The highest BCUT2D eigenvalue weighted by Gasteiger charge is 2.36. The first-order valence-electron chi connectivity index (χ1n) is 15.4. The van der Waals surface area contributed by atoms with E-state index in [0.29, 0.717) is 0 Å². The lowest BCUT2D eigenvalue weighted by Crippen LogP contribution is -2.16. The fourth-order valence-corrected chi connectivity index (χ4v) is 7.62. The smallest absolute Gasteiger partial charge is 0.0465 e. The van der Waals surface area contributed by atoms with E-state index in [4.69, 9.17) is 0 Å². The number of rotatable bonds is 4. The number of benzene rings is 8. The Balaban J connectivity index is 1.19. The van der Waals surface area contributed by atoms with Gasteiger partial charge >= 0.3 is 0 Å². The van der Waals surface area contributed by atoms with Gasteiger partial charge < -0.3 is 4.90 Å². The van der Waals surface area contributed by atoms with Crippen molar-refractivity contribution < 1.29 is 0 Å². The molecule has 1 aliphatic carbocycles. The summed E-state index contributed by atoms with van der Waals surface area (Å²) in [6, 6.07) is 55.8. The highest BCUT2D eigenvalue weighted by Crippen LogP contribution is 2.52. The van der Waals surface area contributed by atoms with E-state index >= 15 is 0 Å². The maximum atomic E-state index is 2.45. The van der Waals surface area contributed by atoms with Gasteiger partial charge in [0.05, 0.1) is 0 Å². The zero-order valence-corrected chi connectivity index (χ0v) is 24.9. The van der Waals surface area contributed by atoms with Crippen molar-refractivity contribution in [2.75, 3.05) is 4.90 Å². The van der Waals surface area contributed by atoms with Crippen LogP contribution in [0.2, 0.25) is 0 Å². The molecule has 1 heteroatoms. The minimum absolute atomic E-state index is 0.139. The Morgan fingerprint density at radius 1 is 0.409 bits per heavy atom. The zero-order valence-electron chi connectivity index (χ0n) is 24.9. The largest absolute Gasteiger partial charge is 0.310 e. The first kappa shape index (κ1) is 25.1. The SMILES string of the molecule is CC1(C)c2cc(-c3ccc4ccc5cccc6ccc3c4c56)ccc2-c2ccc(N(c3ccccc3)c3ccccc3)cc21. The van der Waals surface area contributed by atoms with Gasteiger partial charge in [0.15, 0.2) is 0 Å². The third-order valence-electron chi connectivity index (χ3n) is 9.79. The van der Waals surface area contributed by atoms with Crippen LogP contribution in [0, 0.1) is 0 Å². The summed E-state index contributed by atoms with van der Waals surface area (Å²) < 4.78 is 0. The Morgan fingerprint density at radius 2 is 0.955 bits per heavy atom. The predicted molar refractivity (Wildman–Crippen MR) is 188 cm³/mol. The summed E-state index contributed by atoms with van der Waals surface area (Å²) in [6.07, 6.45) is 0. The van der Waals surface area contributed by atoms with Crippen molar-refractivity contribution in [3.63, 3.8) is 0 Å². The van der Waals surface area contributed by atoms with Gasteiger partial charge in [-0.2, -0.15) is 0 Å². The summed E-state index contributed by atoms with van der Waals surface area (Å²) in [4.78, 5) is 2.36. The molecule has 8 aromatic carbocycles. The molecular weight excluding hydrogens is 530 g/mol. The predicted octanol–water partition coefficient (Wildman–Crippen LogP) is 12.0. The molecule has 0 bridgehead atoms. The van der Waals surface area contributed by atoms with Crippen molar-refractivity contribution in [1.82, 2.24) is 0 Å². The van der Waals surface area contributed by atoms with E-state index in [1.807, 2.05) is 0 Å². The lowest BCUT2D eigenvalue weighted by atomic mass is 9.81. The third-order valence-corrected chi connectivity index (χ3v) is 9.79. The molecule has 9 rings (SSSR count). The summed E-state index contributed by atoms with van der Waals surface area (Å²) in [5, 5.41) is 7.97. The molecule has 0 fully saturated rings. The number of nitrogens with zero attached hydrogens (tertiary/aromatic N) is 1. The second-order valence-corrected chi connectivity index (χ2v) is 12.6. The fraction of sp³-hybridized carbons (Fsp3) is 0.0698. The topological polar surface area (TPSA) is 3.24 Å². The summed E-state index contributed by atoms with van der Waals surface area (Å²) in [6.45, 7) is 4.76. The maximum Gasteiger partial charge on any atom is 0.0465 e. The maximum absolute atomic E-state index is 2.45. The van der Waals surface area contributed by atoms with Gasteiger partial charge in [-0.15, -0.1) is 0 Å². The molecule has 0 saturated carbocycles. The van der Waals surface area contributed by atoms with Crippen LogP contribution in [0.15, 0.2) is 152 Å². The Hall–Kier alpha value is -5.40. The van der Waals surface area contributed by atoms with Crippen molar-refractivity contribution in [1.29, 1.82) is 0 Å². The van der Waals surface area contributed by atoms with E-state index in [1.165, 1.54) is 71.4 Å². The van der Waals surface area contributed by atoms with E-state index in [1.54, 1.807) is 0 Å². The molecule has 0 aromatic heterocycles. The van der Waals surface area contributed by atoms with Gasteiger partial charge in [-0.25, -0.2) is 0 Å². The van der Waals surface area contributed by atoms with E-state index in [9.17, 15) is 0 Å². The summed E-state index contributed by atoms with van der Waals surface area (Å²) >= 11 is 0. The monoisotopic (exact) mass is 561 g/mol. The number of hydrogen-bond acceptors (Lipinski definition) is 1.